The van der Waals surface area contributed by atoms with Crippen LogP contribution >= 0.6 is 0 Å². The van der Waals surface area contributed by atoms with E-state index in [9.17, 15) is 0 Å². The van der Waals surface area contributed by atoms with Crippen molar-refractivity contribution in [2.24, 2.45) is 0 Å². The zero-order valence-electron chi connectivity index (χ0n) is 12.3. The van der Waals surface area contributed by atoms with Crippen LogP contribution in [0.25, 0.3) is 34.4 Å². The molecule has 6 nitrogen and oxygen atoms in total. The van der Waals surface area contributed by atoms with Crippen molar-refractivity contribution in [1.82, 2.24) is 20.3 Å². The van der Waals surface area contributed by atoms with E-state index >= 15 is 0 Å². The molecule has 0 aliphatic rings. The number of hydrogen-bond acceptors (Lipinski definition) is 6. The van der Waals surface area contributed by atoms with Gasteiger partial charge in [0.1, 0.15) is 5.69 Å². The molecule has 0 N–H and O–H groups in total. The Morgan fingerprint density at radius 3 is 2.52 bits per heavy atom. The van der Waals surface area contributed by atoms with Crippen LogP contribution in [-0.2, 0) is 0 Å². The first-order valence-electron chi connectivity index (χ1n) is 7.09. The Kier molecular flexibility index (Phi) is 3.20. The highest BCUT2D eigenvalue weighted by molar-refractivity contribution is 5.61. The predicted molar refractivity (Wildman–Crippen MR) is 83.2 cm³/mol. The highest BCUT2D eigenvalue weighted by atomic mass is 16.5. The third-order valence-electron chi connectivity index (χ3n) is 3.38. The molecule has 3 aromatic heterocycles. The van der Waals surface area contributed by atoms with Crippen molar-refractivity contribution in [3.05, 3.63) is 60.3 Å². The van der Waals surface area contributed by atoms with Gasteiger partial charge in [-0.15, -0.1) is 0 Å². The van der Waals surface area contributed by atoms with E-state index in [1.165, 1.54) is 5.56 Å². The van der Waals surface area contributed by atoms with Crippen molar-refractivity contribution >= 4 is 0 Å². The Labute approximate surface area is 131 Å². The fourth-order valence-corrected chi connectivity index (χ4v) is 2.15. The molecule has 0 radical (unpaired) electrons. The molecule has 0 fully saturated rings. The third kappa shape index (κ3) is 2.62. The van der Waals surface area contributed by atoms with Gasteiger partial charge >= 0.3 is 0 Å². The summed E-state index contributed by atoms with van der Waals surface area (Å²) >= 11 is 0. The molecular formula is C17H12N4O2. The first-order valence-corrected chi connectivity index (χ1v) is 7.09. The van der Waals surface area contributed by atoms with Crippen molar-refractivity contribution in [2.75, 3.05) is 0 Å². The normalized spacial score (nSPS) is 10.8. The lowest BCUT2D eigenvalue weighted by atomic mass is 10.1. The fourth-order valence-electron chi connectivity index (χ4n) is 2.15. The second-order valence-electron chi connectivity index (χ2n) is 5.08. The predicted octanol–water partition coefficient (Wildman–Crippen LogP) is 3.76. The number of benzene rings is 1. The van der Waals surface area contributed by atoms with Gasteiger partial charge in [0.25, 0.3) is 5.89 Å². The van der Waals surface area contributed by atoms with Gasteiger partial charge in [-0.3, -0.25) is 4.98 Å². The number of pyridine rings is 1. The smallest absolute Gasteiger partial charge is 0.296 e. The number of hydrogen-bond donors (Lipinski definition) is 0. The van der Waals surface area contributed by atoms with Crippen LogP contribution in [0.1, 0.15) is 5.56 Å². The van der Waals surface area contributed by atoms with Gasteiger partial charge in [0.2, 0.25) is 11.6 Å². The SMILES string of the molecule is Cc1ccc(-c2noc(-c3cc(-c4ccccn4)no3)n2)cc1. The van der Waals surface area contributed by atoms with Gasteiger partial charge in [-0.25, -0.2) is 0 Å². The summed E-state index contributed by atoms with van der Waals surface area (Å²) in [7, 11) is 0. The van der Waals surface area contributed by atoms with Crippen LogP contribution < -0.4 is 0 Å². The minimum atomic E-state index is 0.287. The molecule has 0 saturated heterocycles. The monoisotopic (exact) mass is 304 g/mol. The summed E-state index contributed by atoms with van der Waals surface area (Å²) in [5.41, 5.74) is 3.40. The maximum atomic E-state index is 5.29. The van der Waals surface area contributed by atoms with E-state index in [-0.39, 0.29) is 5.89 Å². The lowest BCUT2D eigenvalue weighted by molar-refractivity contribution is 0.386. The molecule has 23 heavy (non-hydrogen) atoms. The lowest BCUT2D eigenvalue weighted by Gasteiger charge is -1.94. The maximum Gasteiger partial charge on any atom is 0.296 e. The largest absolute Gasteiger partial charge is 0.350 e. The molecular weight excluding hydrogens is 292 g/mol. The Bertz CT molecular complexity index is 927. The molecule has 0 amide bonds. The lowest BCUT2D eigenvalue weighted by Crippen LogP contribution is -1.81. The van der Waals surface area contributed by atoms with Crippen LogP contribution in [0.3, 0.4) is 0 Å². The summed E-state index contributed by atoms with van der Waals surface area (Å²) in [6.07, 6.45) is 1.70. The number of aryl methyl sites for hydroxylation is 1. The van der Waals surface area contributed by atoms with Crippen molar-refractivity contribution < 1.29 is 9.05 Å². The van der Waals surface area contributed by atoms with E-state index < -0.39 is 0 Å². The minimum Gasteiger partial charge on any atom is -0.350 e. The third-order valence-corrected chi connectivity index (χ3v) is 3.38. The van der Waals surface area contributed by atoms with E-state index in [0.717, 1.165) is 11.3 Å². The van der Waals surface area contributed by atoms with Gasteiger partial charge in [0.05, 0.1) is 5.69 Å². The summed E-state index contributed by atoms with van der Waals surface area (Å²) in [6, 6.07) is 15.2. The van der Waals surface area contributed by atoms with E-state index in [4.69, 9.17) is 9.05 Å². The molecule has 1 aromatic carbocycles. The van der Waals surface area contributed by atoms with Gasteiger partial charge in [-0.1, -0.05) is 46.2 Å². The zero-order chi connectivity index (χ0) is 15.6. The highest BCUT2D eigenvalue weighted by Crippen LogP contribution is 2.25. The summed E-state index contributed by atoms with van der Waals surface area (Å²) in [5.74, 6) is 1.21. The van der Waals surface area contributed by atoms with Crippen molar-refractivity contribution in [3.8, 4) is 34.4 Å². The molecule has 0 aliphatic carbocycles. The topological polar surface area (TPSA) is 77.8 Å². The quantitative estimate of drug-likeness (QED) is 0.573. The van der Waals surface area contributed by atoms with Gasteiger partial charge in [-0.05, 0) is 19.1 Å². The van der Waals surface area contributed by atoms with E-state index in [2.05, 4.69) is 20.3 Å². The number of nitrogens with zero attached hydrogens (tertiary/aromatic N) is 4. The van der Waals surface area contributed by atoms with Crippen molar-refractivity contribution in [3.63, 3.8) is 0 Å². The molecule has 6 heteroatoms. The van der Waals surface area contributed by atoms with Crippen molar-refractivity contribution in [1.29, 1.82) is 0 Å². The van der Waals surface area contributed by atoms with Gasteiger partial charge in [0.15, 0.2) is 0 Å². The second-order valence-corrected chi connectivity index (χ2v) is 5.08. The van der Waals surface area contributed by atoms with Crippen LogP contribution in [0.4, 0.5) is 0 Å². The van der Waals surface area contributed by atoms with Gasteiger partial charge in [-0.2, -0.15) is 4.98 Å². The molecule has 0 aliphatic heterocycles. The van der Waals surface area contributed by atoms with Crippen LogP contribution in [0, 0.1) is 6.92 Å². The molecule has 0 spiro atoms. The Hall–Kier alpha value is -3.28. The molecule has 0 bridgehead atoms. The van der Waals surface area contributed by atoms with Gasteiger partial charge < -0.3 is 9.05 Å². The van der Waals surface area contributed by atoms with Crippen LogP contribution in [0.5, 0.6) is 0 Å². The first kappa shape index (κ1) is 13.4. The number of rotatable bonds is 3. The summed E-state index contributed by atoms with van der Waals surface area (Å²) in [5, 5.41) is 7.98. The molecule has 4 rings (SSSR count). The molecule has 112 valence electrons. The molecule has 0 unspecified atom stereocenters. The van der Waals surface area contributed by atoms with Crippen LogP contribution in [-0.4, -0.2) is 20.3 Å². The Balaban J connectivity index is 1.65. The average Bonchev–Trinajstić information content (AvgIpc) is 3.26. The van der Waals surface area contributed by atoms with Crippen molar-refractivity contribution in [2.45, 2.75) is 6.92 Å². The average molecular weight is 304 g/mol. The fraction of sp³-hybridized carbons (Fsp3) is 0.0588. The molecule has 4 aromatic rings. The van der Waals surface area contributed by atoms with Gasteiger partial charge in [0, 0.05) is 17.8 Å². The maximum absolute atomic E-state index is 5.29. The number of aromatic nitrogens is 4. The highest BCUT2D eigenvalue weighted by Gasteiger charge is 2.16. The minimum absolute atomic E-state index is 0.287. The summed E-state index contributed by atoms with van der Waals surface area (Å²) in [4.78, 5) is 8.58. The molecule has 0 atom stereocenters. The first-order chi connectivity index (χ1) is 11.3. The van der Waals surface area contributed by atoms with E-state index in [0.29, 0.717) is 17.3 Å². The van der Waals surface area contributed by atoms with E-state index in [1.54, 1.807) is 12.3 Å². The second kappa shape index (κ2) is 5.49. The summed E-state index contributed by atoms with van der Waals surface area (Å²) in [6.45, 7) is 2.03. The molecule has 3 heterocycles. The standard InChI is InChI=1S/C17H12N4O2/c1-11-5-7-12(8-6-11)16-19-17(23-21-16)15-10-14(20-22-15)13-4-2-3-9-18-13/h2-10H,1H3. The molecule has 0 saturated carbocycles. The Morgan fingerprint density at radius 1 is 0.870 bits per heavy atom. The van der Waals surface area contributed by atoms with E-state index in [1.807, 2.05) is 49.4 Å². The summed E-state index contributed by atoms with van der Waals surface area (Å²) < 4.78 is 10.6. The van der Waals surface area contributed by atoms with Crippen LogP contribution in [0.15, 0.2) is 63.8 Å². The Morgan fingerprint density at radius 2 is 1.74 bits per heavy atom. The van der Waals surface area contributed by atoms with Crippen LogP contribution in [0.2, 0.25) is 0 Å². The zero-order valence-corrected chi connectivity index (χ0v) is 12.3.